The van der Waals surface area contributed by atoms with Gasteiger partial charge >= 0.3 is 5.97 Å². The molecule has 0 radical (unpaired) electrons. The number of aliphatic carboxylic acids is 1. The van der Waals surface area contributed by atoms with Crippen molar-refractivity contribution in [3.8, 4) is 17.2 Å². The minimum absolute atomic E-state index is 0.274. The van der Waals surface area contributed by atoms with E-state index in [0.717, 1.165) is 5.75 Å². The van der Waals surface area contributed by atoms with E-state index in [1.807, 2.05) is 0 Å². The van der Waals surface area contributed by atoms with Gasteiger partial charge in [0.1, 0.15) is 5.75 Å². The van der Waals surface area contributed by atoms with Crippen molar-refractivity contribution in [1.82, 2.24) is 5.32 Å². The molecule has 30 heavy (non-hydrogen) atoms. The first-order valence-electron chi connectivity index (χ1n) is 8.55. The normalized spacial score (nSPS) is 15.9. The summed E-state index contributed by atoms with van der Waals surface area (Å²) in [5.41, 5.74) is 1.35. The highest BCUT2D eigenvalue weighted by molar-refractivity contribution is 9.10. The zero-order valence-corrected chi connectivity index (χ0v) is 18.4. The summed E-state index contributed by atoms with van der Waals surface area (Å²) < 4.78 is 16.2. The number of carbonyl (C=O) groups is 2. The molecule has 0 atom stereocenters. The van der Waals surface area contributed by atoms with Crippen LogP contribution in [0, 0.1) is 0 Å². The summed E-state index contributed by atoms with van der Waals surface area (Å²) in [5.74, 6) is -0.0235. The van der Waals surface area contributed by atoms with E-state index >= 15 is 0 Å². The van der Waals surface area contributed by atoms with E-state index in [-0.39, 0.29) is 11.7 Å². The largest absolute Gasteiger partial charge is 0.497 e. The Hall–Kier alpha value is -2.98. The molecule has 10 heteroatoms. The Balaban J connectivity index is 1.82. The van der Waals surface area contributed by atoms with Gasteiger partial charge in [-0.1, -0.05) is 15.9 Å². The van der Waals surface area contributed by atoms with Crippen LogP contribution < -0.4 is 19.5 Å². The number of hydrogen-bond acceptors (Lipinski definition) is 7. The Morgan fingerprint density at radius 1 is 1.20 bits per heavy atom. The number of carboxylic acids is 1. The maximum atomic E-state index is 12.4. The molecule has 2 aromatic carbocycles. The Morgan fingerprint density at radius 2 is 1.93 bits per heavy atom. The minimum atomic E-state index is -1.10. The van der Waals surface area contributed by atoms with Crippen molar-refractivity contribution in [2.75, 3.05) is 20.8 Å². The van der Waals surface area contributed by atoms with Gasteiger partial charge in [-0.15, -0.1) is 0 Å². The Bertz CT molecular complexity index is 1040. The van der Waals surface area contributed by atoms with E-state index in [1.165, 1.54) is 18.9 Å². The number of aliphatic imine (C=N–C) groups is 1. The predicted molar refractivity (Wildman–Crippen MR) is 118 cm³/mol. The third kappa shape index (κ3) is 5.33. The summed E-state index contributed by atoms with van der Waals surface area (Å²) in [7, 11) is 3.04. The van der Waals surface area contributed by atoms with Crippen LogP contribution in [0.1, 0.15) is 5.56 Å². The van der Waals surface area contributed by atoms with E-state index in [0.29, 0.717) is 31.5 Å². The quantitative estimate of drug-likeness (QED) is 0.565. The average molecular weight is 493 g/mol. The molecule has 0 spiro atoms. The first-order chi connectivity index (χ1) is 14.4. The molecule has 3 rings (SSSR count). The second-order valence-corrected chi connectivity index (χ2v) is 7.77. The minimum Gasteiger partial charge on any atom is -0.497 e. The second kappa shape index (κ2) is 9.68. The molecular formula is C20H17BrN2O6S. The number of benzene rings is 2. The van der Waals surface area contributed by atoms with Crippen LogP contribution in [-0.4, -0.2) is 43.0 Å². The van der Waals surface area contributed by atoms with Crippen LogP contribution >= 0.6 is 27.7 Å². The van der Waals surface area contributed by atoms with Gasteiger partial charge < -0.3 is 24.6 Å². The van der Waals surface area contributed by atoms with Gasteiger partial charge in [0, 0.05) is 4.47 Å². The number of rotatable bonds is 7. The zero-order chi connectivity index (χ0) is 21.7. The number of ether oxygens (including phenoxy) is 3. The van der Waals surface area contributed by atoms with E-state index in [1.54, 1.807) is 49.6 Å². The number of amides is 1. The van der Waals surface area contributed by atoms with E-state index in [4.69, 9.17) is 19.3 Å². The van der Waals surface area contributed by atoms with Crippen LogP contribution in [0.25, 0.3) is 6.08 Å². The molecule has 2 N–H and O–H groups in total. The van der Waals surface area contributed by atoms with Crippen molar-refractivity contribution < 1.29 is 28.9 Å². The number of carboxylic acid groups (broad SMARTS) is 1. The van der Waals surface area contributed by atoms with Crippen molar-refractivity contribution in [2.45, 2.75) is 0 Å². The van der Waals surface area contributed by atoms with Crippen LogP contribution in [-0.2, 0) is 9.59 Å². The molecule has 0 unspecified atom stereocenters. The Morgan fingerprint density at radius 3 is 2.57 bits per heavy atom. The summed E-state index contributed by atoms with van der Waals surface area (Å²) in [6.07, 6.45) is 1.68. The number of nitrogens with one attached hydrogen (secondary N) is 1. The molecule has 2 aromatic rings. The number of thioether (sulfide) groups is 1. The third-order valence-electron chi connectivity index (χ3n) is 3.87. The SMILES string of the molecule is COc1ccc(N=C2NC(=O)/C(=C\c3cc(OC)c(OCC(=O)O)cc3Br)S2)cc1. The fraction of sp³-hybridized carbons (Fsp3) is 0.150. The van der Waals surface area contributed by atoms with Gasteiger partial charge in [-0.3, -0.25) is 4.79 Å². The van der Waals surface area contributed by atoms with Crippen molar-refractivity contribution in [3.63, 3.8) is 0 Å². The van der Waals surface area contributed by atoms with E-state index < -0.39 is 12.6 Å². The third-order valence-corrected chi connectivity index (χ3v) is 5.47. The molecular weight excluding hydrogens is 476 g/mol. The monoisotopic (exact) mass is 492 g/mol. The molecule has 1 aliphatic rings. The van der Waals surface area contributed by atoms with Gasteiger partial charge in [0.25, 0.3) is 5.91 Å². The van der Waals surface area contributed by atoms with Gasteiger partial charge in [-0.05, 0) is 59.8 Å². The molecule has 156 valence electrons. The lowest BCUT2D eigenvalue weighted by Crippen LogP contribution is -2.19. The summed E-state index contributed by atoms with van der Waals surface area (Å²) in [4.78, 5) is 28.0. The molecule has 1 amide bonds. The first-order valence-corrected chi connectivity index (χ1v) is 10.2. The highest BCUT2D eigenvalue weighted by atomic mass is 79.9. The fourth-order valence-electron chi connectivity index (χ4n) is 2.47. The number of methoxy groups -OCH3 is 2. The number of nitrogens with zero attached hydrogens (tertiary/aromatic N) is 1. The van der Waals surface area contributed by atoms with Crippen molar-refractivity contribution >= 4 is 56.5 Å². The van der Waals surface area contributed by atoms with Gasteiger partial charge in [0.2, 0.25) is 0 Å². The first kappa shape index (κ1) is 21.7. The molecule has 1 saturated heterocycles. The second-order valence-electron chi connectivity index (χ2n) is 5.89. The van der Waals surface area contributed by atoms with Crippen LogP contribution in [0.15, 0.2) is 50.8 Å². The molecule has 8 nitrogen and oxygen atoms in total. The summed E-state index contributed by atoms with van der Waals surface area (Å²) >= 11 is 4.62. The van der Waals surface area contributed by atoms with Crippen LogP contribution in [0.2, 0.25) is 0 Å². The Labute approximate surface area is 185 Å². The number of hydrogen-bond donors (Lipinski definition) is 2. The summed E-state index contributed by atoms with van der Waals surface area (Å²) in [6.45, 7) is -0.493. The lowest BCUT2D eigenvalue weighted by molar-refractivity contribution is -0.139. The number of carbonyl (C=O) groups excluding carboxylic acids is 1. The lowest BCUT2D eigenvalue weighted by Gasteiger charge is -2.11. The predicted octanol–water partition coefficient (Wildman–Crippen LogP) is 3.82. The molecule has 1 heterocycles. The van der Waals surface area contributed by atoms with Gasteiger partial charge in [0.15, 0.2) is 23.3 Å². The maximum absolute atomic E-state index is 12.4. The van der Waals surface area contributed by atoms with Crippen molar-refractivity contribution in [3.05, 3.63) is 51.3 Å². The van der Waals surface area contributed by atoms with E-state index in [9.17, 15) is 9.59 Å². The zero-order valence-electron chi connectivity index (χ0n) is 16.0. The topological polar surface area (TPSA) is 106 Å². The molecule has 1 fully saturated rings. The standard InChI is InChI=1S/C20H17BrN2O6S/c1-27-13-5-3-12(4-6-13)22-20-23-19(26)17(30-20)8-11-7-15(28-2)16(9-14(11)21)29-10-18(24)25/h3-9H,10H2,1-2H3,(H,24,25)(H,22,23,26)/b17-8+. The van der Waals surface area contributed by atoms with Crippen LogP contribution in [0.5, 0.6) is 17.2 Å². The molecule has 0 aromatic heterocycles. The highest BCUT2D eigenvalue weighted by Gasteiger charge is 2.24. The molecule has 0 saturated carbocycles. The highest BCUT2D eigenvalue weighted by Crippen LogP contribution is 2.36. The van der Waals surface area contributed by atoms with Crippen LogP contribution in [0.3, 0.4) is 0 Å². The van der Waals surface area contributed by atoms with Crippen molar-refractivity contribution in [1.29, 1.82) is 0 Å². The molecule has 0 aliphatic carbocycles. The van der Waals surface area contributed by atoms with E-state index in [2.05, 4.69) is 26.2 Å². The number of amidine groups is 1. The number of halogens is 1. The smallest absolute Gasteiger partial charge is 0.341 e. The summed E-state index contributed by atoms with van der Waals surface area (Å²) in [5, 5.41) is 12.0. The van der Waals surface area contributed by atoms with Crippen molar-refractivity contribution in [2.24, 2.45) is 4.99 Å². The maximum Gasteiger partial charge on any atom is 0.341 e. The lowest BCUT2D eigenvalue weighted by atomic mass is 10.2. The Kier molecular flexibility index (Phi) is 7.01. The van der Waals surface area contributed by atoms with Gasteiger partial charge in [-0.25, -0.2) is 9.79 Å². The van der Waals surface area contributed by atoms with Gasteiger partial charge in [-0.2, -0.15) is 0 Å². The molecule has 1 aliphatic heterocycles. The molecule has 0 bridgehead atoms. The summed E-state index contributed by atoms with van der Waals surface area (Å²) in [6, 6.07) is 10.4. The van der Waals surface area contributed by atoms with Crippen LogP contribution in [0.4, 0.5) is 5.69 Å². The fourth-order valence-corrected chi connectivity index (χ4v) is 3.74. The van der Waals surface area contributed by atoms with Gasteiger partial charge in [0.05, 0.1) is 24.8 Å². The average Bonchev–Trinajstić information content (AvgIpc) is 3.07.